The number of ether oxygens (including phenoxy) is 6. The van der Waals surface area contributed by atoms with Crippen molar-refractivity contribution in [2.45, 2.75) is 167 Å². The zero-order valence-corrected chi connectivity index (χ0v) is 91.0. The van der Waals surface area contributed by atoms with Gasteiger partial charge in [0, 0.05) is 159 Å². The van der Waals surface area contributed by atoms with Gasteiger partial charge in [-0.05, 0) is 328 Å². The van der Waals surface area contributed by atoms with E-state index in [1.807, 2.05) is 243 Å². The average molecular weight is 2430 g/mol. The fourth-order valence-electron chi connectivity index (χ4n) is 15.6. The number of amides is 7. The summed E-state index contributed by atoms with van der Waals surface area (Å²) in [7, 11) is 4.91. The molecule has 8 aromatic carbocycles. The van der Waals surface area contributed by atoms with E-state index in [1.165, 1.54) is 0 Å². The normalized spacial score (nSPS) is 17.3. The molecule has 27 nitrogen and oxygen atoms in total. The number of benzene rings is 8. The number of nitrogens with one attached hydrogen (secondary N) is 4. The molecule has 7 N–H and O–H groups in total. The third-order valence-corrected chi connectivity index (χ3v) is 29.5. The molecule has 0 bridgehead atoms. The lowest BCUT2D eigenvalue weighted by atomic mass is 9.82. The van der Waals surface area contributed by atoms with Crippen molar-refractivity contribution in [3.63, 3.8) is 0 Å². The Morgan fingerprint density at radius 3 is 1.43 bits per heavy atom. The minimum atomic E-state index is -0.833. The van der Waals surface area contributed by atoms with Gasteiger partial charge in [0.25, 0.3) is 34.8 Å². The summed E-state index contributed by atoms with van der Waals surface area (Å²) in [4.78, 5) is 127. The molecule has 2 fully saturated rings. The quantitative estimate of drug-likeness (QED) is 0.0398. The summed E-state index contributed by atoms with van der Waals surface area (Å²) >= 11 is 27.2. The maximum absolute atomic E-state index is 13.7. The van der Waals surface area contributed by atoms with Gasteiger partial charge in [0.05, 0.1) is 50.1 Å². The Morgan fingerprint density at radius 1 is 0.515 bits per heavy atom. The summed E-state index contributed by atoms with van der Waals surface area (Å²) in [6, 6.07) is 51.4. The number of fused-ring (bicyclic) bond motifs is 6. The standard InChI is InChI=1S/C25H28BrIN2O4.C25H27BrN2O4.C12H13BrN2O.C12H11BrN2O.C10H17NO3.C8H11NO.C7H3BrClIO.C2H4O2/c1-25(2,3)33-24(31)28-14-12-18(13-15-28)29(16-17-8-10-19(32-4)11-9-17)23(30)20-6-5-7-21(26)22(20)27;1-24(2,3)32-23(30)27-14-12-25(13-15-27)21-19(6-5-7-20(21)26)22(29)28(25)16-17-8-10-18(31-4)11-9-17;2*13-9-3-1-2-8-10(9)12(15-11(8)16)4-6-14-7-5-12;1-10(2,3)14-9(13)11-6-4-8(12)5-7-11;1-10-8-4-2-7(6-9)3-5-8;8-5-3-1-2-4(6(5)10)7(9)11;1-2(3)4/h5-12H,13-16H2,1-4H3;5-12,14H,13,15-16H2,1-4H3;1-3,14H,4-7H2,(H,15,16);1-4,6,14H,5,7H2,(H,15,16);4-7H2,1-3H3;2-5H,6,9H2,1H3;1-3H;1H3,(H,3,4). The van der Waals surface area contributed by atoms with Crippen LogP contribution in [0.2, 0.25) is 0 Å². The molecule has 136 heavy (non-hydrogen) atoms. The van der Waals surface area contributed by atoms with E-state index in [9.17, 15) is 43.2 Å². The molecular weight excluding hydrogens is 2310 g/mol. The van der Waals surface area contributed by atoms with Gasteiger partial charge >= 0.3 is 18.3 Å². The topological polar surface area (TPSA) is 337 Å². The molecular formula is C101H114Br5ClI2N10O17. The summed E-state index contributed by atoms with van der Waals surface area (Å²) < 4.78 is 38.1. The van der Waals surface area contributed by atoms with Crippen molar-refractivity contribution in [3.05, 3.63) is 291 Å². The highest BCUT2D eigenvalue weighted by molar-refractivity contribution is 14.1. The number of hydrogen-bond acceptors (Lipinski definition) is 19. The first-order chi connectivity index (χ1) is 64.3. The van der Waals surface area contributed by atoms with Crippen molar-refractivity contribution in [2.24, 2.45) is 5.73 Å². The molecule has 0 radical (unpaired) electrons. The van der Waals surface area contributed by atoms with Gasteiger partial charge in [-0.2, -0.15) is 0 Å². The van der Waals surface area contributed by atoms with Gasteiger partial charge < -0.3 is 80.1 Å². The summed E-state index contributed by atoms with van der Waals surface area (Å²) in [5, 5.41) is 19.7. The Bertz CT molecular complexity index is 5690. The van der Waals surface area contributed by atoms with E-state index in [0.29, 0.717) is 94.7 Å². The van der Waals surface area contributed by atoms with E-state index in [1.54, 1.807) is 59.3 Å². The number of ketones is 1. The van der Waals surface area contributed by atoms with Gasteiger partial charge in [-0.15, -0.1) is 0 Å². The SMILES string of the molecule is CC(=O)O.CC(C)(C)OC(=O)N1CCC(=O)CC1.COc1ccc(CN(C(=O)c2cccc(Br)c2I)C2=CCN(C(=O)OC(C)(C)C)CC2)cc1.COc1ccc(CN)cc1.COc1ccc(CN2C(=O)c3cccc(Br)c3C23C=CN(C(=O)OC(C)(C)C)CC3)cc1.O=C(Cl)c1cccc(Br)c1I.O=C1NC2(C=CNCC2)c2c(Br)cccc21.O=C1NC2(CCNCC2)c2c(Br)cccc21. The fourth-order valence-corrected chi connectivity index (χ4v) is 20.1. The van der Waals surface area contributed by atoms with Crippen molar-refractivity contribution in [3.8, 4) is 17.2 Å². The molecule has 8 aromatic rings. The predicted octanol–water partition coefficient (Wildman–Crippen LogP) is 21.6. The highest BCUT2D eigenvalue weighted by Gasteiger charge is 2.52. The molecule has 2 unspecified atom stereocenters. The number of methoxy groups -OCH3 is 3. The molecule has 8 heterocycles. The monoisotopic (exact) mass is 2420 g/mol. The van der Waals surface area contributed by atoms with Crippen LogP contribution in [0.1, 0.15) is 199 Å². The summed E-state index contributed by atoms with van der Waals surface area (Å²) in [5.41, 5.74) is 13.4. The predicted molar refractivity (Wildman–Crippen MR) is 559 cm³/mol. The molecule has 2 atom stereocenters. The third-order valence-electron chi connectivity index (χ3n) is 22.2. The number of Topliss-reactive ketones (excluding diaryl/α,β-unsaturated/α-hetero) is 1. The number of piperidine rings is 2. The maximum Gasteiger partial charge on any atom is 0.414 e. The lowest BCUT2D eigenvalue weighted by Gasteiger charge is -2.41. The number of halogens is 8. The number of aliphatic carboxylic acids is 1. The van der Waals surface area contributed by atoms with E-state index in [2.05, 4.69) is 146 Å². The Balaban J connectivity index is 0.000000184. The first kappa shape index (κ1) is 110. The molecule has 8 aliphatic heterocycles. The van der Waals surface area contributed by atoms with Crippen LogP contribution in [0.4, 0.5) is 14.4 Å². The maximum atomic E-state index is 13.7. The number of hydrogen-bond donors (Lipinski definition) is 6. The number of carboxylic acids is 1. The highest BCUT2D eigenvalue weighted by atomic mass is 127. The number of rotatable bonds is 11. The molecule has 0 aliphatic carbocycles. The average Bonchev–Trinajstić information content (AvgIpc) is 1.56. The third kappa shape index (κ3) is 30.1. The van der Waals surface area contributed by atoms with Crippen molar-refractivity contribution in [1.29, 1.82) is 0 Å². The number of nitrogens with zero attached hydrogens (tertiary/aromatic N) is 5. The van der Waals surface area contributed by atoms with Gasteiger partial charge in [-0.25, -0.2) is 14.4 Å². The minimum absolute atomic E-state index is 0.0165. The van der Waals surface area contributed by atoms with Crippen LogP contribution in [-0.4, -0.2) is 179 Å². The van der Waals surface area contributed by atoms with Crippen molar-refractivity contribution >= 4 is 195 Å². The second-order valence-electron chi connectivity index (χ2n) is 35.3. The molecule has 2 saturated heterocycles. The molecule has 35 heteroatoms. The van der Waals surface area contributed by atoms with E-state index in [4.69, 9.17) is 55.7 Å². The Hall–Kier alpha value is -9.25. The molecule has 8 aliphatic rings. The van der Waals surface area contributed by atoms with E-state index in [-0.39, 0.29) is 58.8 Å². The second-order valence-corrected chi connectivity index (χ2v) is 42.1. The largest absolute Gasteiger partial charge is 0.497 e. The van der Waals surface area contributed by atoms with Crippen molar-refractivity contribution < 1.29 is 81.5 Å². The second kappa shape index (κ2) is 50.0. The number of carbonyl (C=O) groups is 10. The number of nitrogens with two attached hydrogens (primary N) is 1. The van der Waals surface area contributed by atoms with Crippen LogP contribution in [-0.2, 0) is 60.1 Å². The van der Waals surface area contributed by atoms with Crippen LogP contribution < -0.4 is 41.2 Å². The first-order valence-electron chi connectivity index (χ1n) is 43.8. The van der Waals surface area contributed by atoms with Gasteiger partial charge in [-0.1, -0.05) is 115 Å². The van der Waals surface area contributed by atoms with Crippen molar-refractivity contribution in [2.75, 3.05) is 73.7 Å². The number of carbonyl (C=O) groups excluding carboxylic acids is 9. The van der Waals surface area contributed by atoms with Gasteiger partial charge in [0.2, 0.25) is 0 Å². The summed E-state index contributed by atoms with van der Waals surface area (Å²) in [5.74, 6) is 1.79. The molecule has 16 rings (SSSR count). The Kier molecular flexibility index (Phi) is 40.6. The molecule has 0 saturated carbocycles. The first-order valence-corrected chi connectivity index (χ1v) is 50.3. The fraction of sp³-hybridized carbons (Fsp3) is 0.366. The summed E-state index contributed by atoms with van der Waals surface area (Å²) in [6.45, 7) is 24.2. The van der Waals surface area contributed by atoms with Gasteiger partial charge in [-0.3, -0.25) is 38.5 Å². The highest BCUT2D eigenvalue weighted by Crippen LogP contribution is 2.50. The van der Waals surface area contributed by atoms with Gasteiger partial charge in [0.15, 0.2) is 0 Å². The van der Waals surface area contributed by atoms with Crippen LogP contribution in [0.25, 0.3) is 0 Å². The molecule has 726 valence electrons. The minimum Gasteiger partial charge on any atom is -0.497 e. The Morgan fingerprint density at radius 2 is 0.963 bits per heavy atom. The zero-order chi connectivity index (χ0) is 99.8. The van der Waals surface area contributed by atoms with E-state index >= 15 is 0 Å². The van der Waals surface area contributed by atoms with Crippen LogP contribution in [0, 0.1) is 7.14 Å². The van der Waals surface area contributed by atoms with Crippen LogP contribution >= 0.6 is 136 Å². The smallest absolute Gasteiger partial charge is 0.414 e. The number of likely N-dealkylation sites (tertiary alicyclic amines) is 1. The zero-order valence-electron chi connectivity index (χ0n) is 78.0. The molecule has 7 amide bonds. The van der Waals surface area contributed by atoms with Crippen LogP contribution in [0.5, 0.6) is 17.2 Å². The molecule has 0 aromatic heterocycles. The lowest BCUT2D eigenvalue weighted by molar-refractivity contribution is -0.134. The van der Waals surface area contributed by atoms with Gasteiger partial charge in [0.1, 0.15) is 39.8 Å². The molecule has 3 spiro atoms. The Labute approximate surface area is 869 Å². The van der Waals surface area contributed by atoms with E-state index < -0.39 is 33.6 Å². The van der Waals surface area contributed by atoms with Crippen LogP contribution in [0.3, 0.4) is 0 Å². The number of carboxylic acid groups (broad SMARTS) is 1. The van der Waals surface area contributed by atoms with E-state index in [0.717, 1.165) is 143 Å². The summed E-state index contributed by atoms with van der Waals surface area (Å²) in [6.07, 6.45) is 13.4. The van der Waals surface area contributed by atoms with Crippen LogP contribution in [0.15, 0.2) is 222 Å². The lowest BCUT2D eigenvalue weighted by Crippen LogP contribution is -2.48. The van der Waals surface area contributed by atoms with Crippen molar-refractivity contribution in [1.82, 2.24) is 45.8 Å².